The van der Waals surface area contributed by atoms with Gasteiger partial charge in [-0.15, -0.1) is 0 Å². The fraction of sp³-hybridized carbons (Fsp3) is 0.238. The molecule has 7 nitrogen and oxygen atoms in total. The first-order valence-corrected chi connectivity index (χ1v) is 8.53. The molecule has 2 rings (SSSR count). The maximum Gasteiger partial charge on any atom is 0.331 e. The number of hydrogen-bond donors (Lipinski definition) is 1. The SMILES string of the molecule is COc1ccccc1CNC(=O)COC(=O)/C=C/c1cccc(OC)c1OC. The first kappa shape index (κ1) is 20.8. The number of para-hydroxylation sites is 2. The van der Waals surface area contributed by atoms with E-state index in [2.05, 4.69) is 5.32 Å². The van der Waals surface area contributed by atoms with E-state index >= 15 is 0 Å². The summed E-state index contributed by atoms with van der Waals surface area (Å²) in [4.78, 5) is 23.8. The van der Waals surface area contributed by atoms with Crippen LogP contribution in [0.2, 0.25) is 0 Å². The van der Waals surface area contributed by atoms with Gasteiger partial charge in [-0.1, -0.05) is 30.3 Å². The maximum atomic E-state index is 11.9. The predicted octanol–water partition coefficient (Wildman–Crippen LogP) is 2.59. The molecule has 2 aromatic carbocycles. The Hall–Kier alpha value is -3.48. The van der Waals surface area contributed by atoms with Crippen LogP contribution in [0.15, 0.2) is 48.5 Å². The van der Waals surface area contributed by atoms with Crippen LogP contribution in [0.1, 0.15) is 11.1 Å². The molecular formula is C21H23NO6. The Morgan fingerprint density at radius 2 is 1.64 bits per heavy atom. The number of carbonyl (C=O) groups excluding carboxylic acids is 2. The van der Waals surface area contributed by atoms with Crippen molar-refractivity contribution in [1.29, 1.82) is 0 Å². The van der Waals surface area contributed by atoms with Crippen LogP contribution < -0.4 is 19.5 Å². The average molecular weight is 385 g/mol. The molecule has 0 fully saturated rings. The lowest BCUT2D eigenvalue weighted by Gasteiger charge is -2.10. The van der Waals surface area contributed by atoms with E-state index in [0.717, 1.165) is 5.56 Å². The van der Waals surface area contributed by atoms with Crippen LogP contribution >= 0.6 is 0 Å². The normalized spacial score (nSPS) is 10.4. The van der Waals surface area contributed by atoms with Gasteiger partial charge in [-0.3, -0.25) is 4.79 Å². The zero-order valence-corrected chi connectivity index (χ0v) is 16.1. The van der Waals surface area contributed by atoms with Crippen molar-refractivity contribution in [3.63, 3.8) is 0 Å². The summed E-state index contributed by atoms with van der Waals surface area (Å²) in [6, 6.07) is 12.6. The van der Waals surface area contributed by atoms with Crippen LogP contribution in [0.3, 0.4) is 0 Å². The third-order valence-corrected chi connectivity index (χ3v) is 3.85. The second-order valence-electron chi connectivity index (χ2n) is 5.61. The van der Waals surface area contributed by atoms with Crippen molar-refractivity contribution in [3.05, 3.63) is 59.7 Å². The number of carbonyl (C=O) groups is 2. The Bertz CT molecular complexity index is 847. The first-order chi connectivity index (χ1) is 13.6. The lowest BCUT2D eigenvalue weighted by molar-refractivity contribution is -0.143. The van der Waals surface area contributed by atoms with E-state index in [1.165, 1.54) is 26.4 Å². The highest BCUT2D eigenvalue weighted by Crippen LogP contribution is 2.31. The monoisotopic (exact) mass is 385 g/mol. The van der Waals surface area contributed by atoms with E-state index < -0.39 is 11.9 Å². The number of hydrogen-bond acceptors (Lipinski definition) is 6. The lowest BCUT2D eigenvalue weighted by atomic mass is 10.1. The number of rotatable bonds is 9. The summed E-state index contributed by atoms with van der Waals surface area (Å²) in [7, 11) is 4.61. The Labute approximate surface area is 163 Å². The Morgan fingerprint density at radius 3 is 2.36 bits per heavy atom. The molecule has 0 aromatic heterocycles. The van der Waals surface area contributed by atoms with Crippen LogP contribution in [-0.4, -0.2) is 39.8 Å². The zero-order valence-electron chi connectivity index (χ0n) is 16.1. The van der Waals surface area contributed by atoms with E-state index in [0.29, 0.717) is 22.8 Å². The molecule has 0 unspecified atom stereocenters. The molecule has 0 saturated heterocycles. The number of methoxy groups -OCH3 is 3. The molecular weight excluding hydrogens is 362 g/mol. The van der Waals surface area contributed by atoms with Gasteiger partial charge in [0, 0.05) is 23.7 Å². The molecule has 0 saturated carbocycles. The molecule has 0 aliphatic carbocycles. The number of esters is 1. The highest BCUT2D eigenvalue weighted by atomic mass is 16.5. The fourth-order valence-electron chi connectivity index (χ4n) is 2.48. The second kappa shape index (κ2) is 10.6. The van der Waals surface area contributed by atoms with Gasteiger partial charge in [0.2, 0.25) is 0 Å². The number of nitrogens with one attached hydrogen (secondary N) is 1. The molecule has 0 radical (unpaired) electrons. The van der Waals surface area contributed by atoms with Crippen molar-refractivity contribution < 1.29 is 28.5 Å². The summed E-state index contributed by atoms with van der Waals surface area (Å²) in [5.74, 6) is 0.677. The van der Waals surface area contributed by atoms with Crippen molar-refractivity contribution in [3.8, 4) is 17.2 Å². The summed E-state index contributed by atoms with van der Waals surface area (Å²) >= 11 is 0. The molecule has 0 atom stereocenters. The van der Waals surface area contributed by atoms with E-state index in [1.54, 1.807) is 31.4 Å². The van der Waals surface area contributed by atoms with Crippen LogP contribution in [0, 0.1) is 0 Å². The van der Waals surface area contributed by atoms with Gasteiger partial charge in [0.15, 0.2) is 18.1 Å². The molecule has 0 bridgehead atoms. The van der Waals surface area contributed by atoms with Gasteiger partial charge < -0.3 is 24.3 Å². The Kier molecular flexibility index (Phi) is 7.90. The van der Waals surface area contributed by atoms with Gasteiger partial charge >= 0.3 is 5.97 Å². The molecule has 0 spiro atoms. The van der Waals surface area contributed by atoms with E-state index in [9.17, 15) is 9.59 Å². The summed E-state index contributed by atoms with van der Waals surface area (Å²) in [6.45, 7) is -0.106. The van der Waals surface area contributed by atoms with Crippen molar-refractivity contribution >= 4 is 18.0 Å². The number of amides is 1. The molecule has 1 amide bonds. The van der Waals surface area contributed by atoms with Gasteiger partial charge in [-0.05, 0) is 18.2 Å². The van der Waals surface area contributed by atoms with Crippen molar-refractivity contribution in [2.24, 2.45) is 0 Å². The Balaban J connectivity index is 1.85. The largest absolute Gasteiger partial charge is 0.496 e. The van der Waals surface area contributed by atoms with Crippen LogP contribution in [-0.2, 0) is 20.9 Å². The van der Waals surface area contributed by atoms with Crippen molar-refractivity contribution in [1.82, 2.24) is 5.32 Å². The number of ether oxygens (including phenoxy) is 4. The molecule has 7 heteroatoms. The molecule has 148 valence electrons. The van der Waals surface area contributed by atoms with E-state index in [-0.39, 0.29) is 13.2 Å². The van der Waals surface area contributed by atoms with E-state index in [1.807, 2.05) is 18.2 Å². The van der Waals surface area contributed by atoms with Gasteiger partial charge in [0.1, 0.15) is 5.75 Å². The van der Waals surface area contributed by atoms with Gasteiger partial charge in [-0.25, -0.2) is 4.79 Å². The Morgan fingerprint density at radius 1 is 0.929 bits per heavy atom. The minimum atomic E-state index is -0.641. The first-order valence-electron chi connectivity index (χ1n) is 8.53. The molecule has 1 N–H and O–H groups in total. The summed E-state index contributed by atoms with van der Waals surface area (Å²) < 4.78 is 20.7. The quantitative estimate of drug-likeness (QED) is 0.528. The second-order valence-corrected chi connectivity index (χ2v) is 5.61. The van der Waals surface area contributed by atoms with E-state index in [4.69, 9.17) is 18.9 Å². The third-order valence-electron chi connectivity index (χ3n) is 3.85. The van der Waals surface area contributed by atoms with Gasteiger partial charge in [0.05, 0.1) is 21.3 Å². The molecule has 0 aliphatic heterocycles. The van der Waals surface area contributed by atoms with Gasteiger partial charge in [0.25, 0.3) is 5.91 Å². The van der Waals surface area contributed by atoms with Crippen LogP contribution in [0.25, 0.3) is 6.08 Å². The highest BCUT2D eigenvalue weighted by molar-refractivity contribution is 5.89. The fourth-order valence-corrected chi connectivity index (χ4v) is 2.48. The maximum absolute atomic E-state index is 11.9. The summed E-state index contributed by atoms with van der Waals surface area (Å²) in [6.07, 6.45) is 2.77. The average Bonchev–Trinajstić information content (AvgIpc) is 2.74. The predicted molar refractivity (Wildman–Crippen MR) is 104 cm³/mol. The molecule has 0 heterocycles. The molecule has 2 aromatic rings. The van der Waals surface area contributed by atoms with Crippen molar-refractivity contribution in [2.75, 3.05) is 27.9 Å². The molecule has 0 aliphatic rings. The zero-order chi connectivity index (χ0) is 20.4. The highest BCUT2D eigenvalue weighted by Gasteiger charge is 2.09. The minimum Gasteiger partial charge on any atom is -0.496 e. The topological polar surface area (TPSA) is 83.1 Å². The smallest absolute Gasteiger partial charge is 0.331 e. The van der Waals surface area contributed by atoms with Gasteiger partial charge in [-0.2, -0.15) is 0 Å². The van der Waals surface area contributed by atoms with Crippen molar-refractivity contribution in [2.45, 2.75) is 6.54 Å². The summed E-state index contributed by atoms with van der Waals surface area (Å²) in [5, 5.41) is 2.68. The minimum absolute atomic E-state index is 0.275. The van der Waals surface area contributed by atoms with Crippen LogP contribution in [0.4, 0.5) is 0 Å². The lowest BCUT2D eigenvalue weighted by Crippen LogP contribution is -2.28. The summed E-state index contributed by atoms with van der Waals surface area (Å²) in [5.41, 5.74) is 1.48. The molecule has 28 heavy (non-hydrogen) atoms. The number of benzene rings is 2. The third kappa shape index (κ3) is 5.77. The van der Waals surface area contributed by atoms with Crippen LogP contribution in [0.5, 0.6) is 17.2 Å². The standard InChI is InChI=1S/C21H23NO6/c1-25-17-9-5-4-7-16(17)13-22-19(23)14-28-20(24)12-11-15-8-6-10-18(26-2)21(15)27-3/h4-12H,13-14H2,1-3H3,(H,22,23)/b12-11+.